The minimum Gasteiger partial charge on any atom is -0.260 e. The van der Waals surface area contributed by atoms with Crippen molar-refractivity contribution in [1.29, 1.82) is 0 Å². The summed E-state index contributed by atoms with van der Waals surface area (Å²) in [5.41, 5.74) is 2.28. The summed E-state index contributed by atoms with van der Waals surface area (Å²) in [5, 5.41) is 0.143. The molecule has 0 radical (unpaired) electrons. The molecule has 0 N–H and O–H groups in total. The number of hydrogen-bond acceptors (Lipinski definition) is 1. The number of halogens is 1. The molecule has 1 aromatic rings. The molecule has 0 aliphatic heterocycles. The van der Waals surface area contributed by atoms with Crippen LogP contribution in [0, 0.1) is 12.8 Å². The van der Waals surface area contributed by atoms with E-state index >= 15 is 0 Å². The Kier molecular flexibility index (Phi) is 2.05. The first kappa shape index (κ1) is 8.06. The maximum atomic E-state index is 6.21. The monoisotopic (exact) mass is 181 g/mol. The molecule has 1 unspecified atom stereocenters. The molecule has 12 heavy (non-hydrogen) atoms. The van der Waals surface area contributed by atoms with E-state index in [9.17, 15) is 0 Å². The standard InChI is InChI=1S/C10H12ClN/c1-7-4-5-12-9(6-7)10(11)8-2-3-8/h4-6,8,10H,2-3H2,1H3. The summed E-state index contributed by atoms with van der Waals surface area (Å²) < 4.78 is 0. The van der Waals surface area contributed by atoms with Crippen LogP contribution in [0.25, 0.3) is 0 Å². The summed E-state index contributed by atoms with van der Waals surface area (Å²) in [7, 11) is 0. The van der Waals surface area contributed by atoms with Crippen LogP contribution in [0.2, 0.25) is 0 Å². The lowest BCUT2D eigenvalue weighted by molar-refractivity contribution is 0.770. The Morgan fingerprint density at radius 1 is 1.58 bits per heavy atom. The van der Waals surface area contributed by atoms with Crippen LogP contribution in [0.3, 0.4) is 0 Å². The van der Waals surface area contributed by atoms with E-state index < -0.39 is 0 Å². The van der Waals surface area contributed by atoms with Gasteiger partial charge in [0.05, 0.1) is 11.1 Å². The van der Waals surface area contributed by atoms with E-state index in [1.165, 1.54) is 18.4 Å². The van der Waals surface area contributed by atoms with Gasteiger partial charge in [0.25, 0.3) is 0 Å². The molecule has 0 amide bonds. The van der Waals surface area contributed by atoms with Crippen LogP contribution < -0.4 is 0 Å². The first-order valence-corrected chi connectivity index (χ1v) is 4.77. The van der Waals surface area contributed by atoms with Crippen LogP contribution in [0.4, 0.5) is 0 Å². The second-order valence-corrected chi connectivity index (χ2v) is 3.97. The smallest absolute Gasteiger partial charge is 0.0785 e. The highest BCUT2D eigenvalue weighted by Crippen LogP contribution is 2.44. The van der Waals surface area contributed by atoms with Gasteiger partial charge >= 0.3 is 0 Å². The van der Waals surface area contributed by atoms with E-state index in [1.807, 2.05) is 12.3 Å². The highest BCUT2D eigenvalue weighted by Gasteiger charge is 2.31. The van der Waals surface area contributed by atoms with Crippen LogP contribution in [-0.2, 0) is 0 Å². The summed E-state index contributed by atoms with van der Waals surface area (Å²) in [6.07, 6.45) is 4.37. The minimum absolute atomic E-state index is 0.143. The number of aromatic nitrogens is 1. The van der Waals surface area contributed by atoms with Gasteiger partial charge in [-0.25, -0.2) is 0 Å². The molecule has 1 saturated carbocycles. The fourth-order valence-electron chi connectivity index (χ4n) is 1.34. The summed E-state index contributed by atoms with van der Waals surface area (Å²) in [6.45, 7) is 2.07. The zero-order valence-corrected chi connectivity index (χ0v) is 7.88. The van der Waals surface area contributed by atoms with E-state index in [-0.39, 0.29) is 5.38 Å². The van der Waals surface area contributed by atoms with Crippen molar-refractivity contribution in [3.63, 3.8) is 0 Å². The average molecular weight is 182 g/mol. The Morgan fingerprint density at radius 3 is 2.92 bits per heavy atom. The van der Waals surface area contributed by atoms with Gasteiger partial charge in [-0.2, -0.15) is 0 Å². The quantitative estimate of drug-likeness (QED) is 0.639. The zero-order valence-electron chi connectivity index (χ0n) is 7.13. The normalized spacial score (nSPS) is 19.2. The van der Waals surface area contributed by atoms with Crippen molar-refractivity contribution in [2.75, 3.05) is 0 Å². The first-order chi connectivity index (χ1) is 5.77. The van der Waals surface area contributed by atoms with Gasteiger partial charge < -0.3 is 0 Å². The van der Waals surface area contributed by atoms with E-state index in [1.54, 1.807) is 0 Å². The molecule has 1 fully saturated rings. The summed E-state index contributed by atoms with van der Waals surface area (Å²) in [4.78, 5) is 4.27. The van der Waals surface area contributed by atoms with Crippen molar-refractivity contribution in [1.82, 2.24) is 4.98 Å². The fourth-order valence-corrected chi connectivity index (χ4v) is 1.71. The number of nitrogens with zero attached hydrogens (tertiary/aromatic N) is 1. The molecule has 2 heteroatoms. The number of rotatable bonds is 2. The third kappa shape index (κ3) is 1.61. The molecule has 1 atom stereocenters. The molecule has 0 saturated heterocycles. The molecule has 0 aromatic carbocycles. The van der Waals surface area contributed by atoms with E-state index in [2.05, 4.69) is 18.0 Å². The van der Waals surface area contributed by atoms with Gasteiger partial charge in [-0.3, -0.25) is 4.98 Å². The summed E-state index contributed by atoms with van der Waals surface area (Å²) in [6, 6.07) is 4.08. The van der Waals surface area contributed by atoms with Crippen molar-refractivity contribution in [3.05, 3.63) is 29.6 Å². The van der Waals surface area contributed by atoms with Gasteiger partial charge in [0.1, 0.15) is 0 Å². The fraction of sp³-hybridized carbons (Fsp3) is 0.500. The second kappa shape index (κ2) is 3.06. The highest BCUT2D eigenvalue weighted by atomic mass is 35.5. The second-order valence-electron chi connectivity index (χ2n) is 3.50. The average Bonchev–Trinajstić information content (AvgIpc) is 2.85. The lowest BCUT2D eigenvalue weighted by Crippen LogP contribution is -1.96. The highest BCUT2D eigenvalue weighted by molar-refractivity contribution is 6.21. The van der Waals surface area contributed by atoms with Crippen LogP contribution in [0.1, 0.15) is 29.5 Å². The van der Waals surface area contributed by atoms with Crippen molar-refractivity contribution in [3.8, 4) is 0 Å². The minimum atomic E-state index is 0.143. The molecule has 1 heterocycles. The van der Waals surface area contributed by atoms with Gasteiger partial charge in [0.2, 0.25) is 0 Å². The van der Waals surface area contributed by atoms with E-state index in [0.29, 0.717) is 5.92 Å². The molecular weight excluding hydrogens is 170 g/mol. The third-order valence-corrected chi connectivity index (χ3v) is 2.83. The topological polar surface area (TPSA) is 12.9 Å². The Balaban J connectivity index is 2.20. The molecule has 1 nitrogen and oxygen atoms in total. The molecule has 1 aliphatic rings. The molecule has 64 valence electrons. The van der Waals surface area contributed by atoms with Gasteiger partial charge in [0.15, 0.2) is 0 Å². The Bertz CT molecular complexity index is 281. The van der Waals surface area contributed by atoms with Crippen molar-refractivity contribution >= 4 is 11.6 Å². The van der Waals surface area contributed by atoms with Crippen LogP contribution in [0.15, 0.2) is 18.3 Å². The van der Waals surface area contributed by atoms with Crippen LogP contribution in [-0.4, -0.2) is 4.98 Å². The Labute approximate surface area is 77.8 Å². The predicted molar refractivity (Wildman–Crippen MR) is 50.3 cm³/mol. The molecule has 1 aliphatic carbocycles. The summed E-state index contributed by atoms with van der Waals surface area (Å²) >= 11 is 6.21. The number of pyridine rings is 1. The maximum Gasteiger partial charge on any atom is 0.0785 e. The lowest BCUT2D eigenvalue weighted by Gasteiger charge is -2.06. The summed E-state index contributed by atoms with van der Waals surface area (Å²) in [5.74, 6) is 0.681. The lowest BCUT2D eigenvalue weighted by atomic mass is 10.1. The molecule has 2 rings (SSSR count). The van der Waals surface area contributed by atoms with Gasteiger partial charge in [-0.1, -0.05) is 0 Å². The van der Waals surface area contributed by atoms with Gasteiger partial charge in [-0.15, -0.1) is 11.6 Å². The number of hydrogen-bond donors (Lipinski definition) is 0. The molecule has 1 aromatic heterocycles. The van der Waals surface area contributed by atoms with E-state index in [0.717, 1.165) is 5.69 Å². The zero-order chi connectivity index (χ0) is 8.55. The number of alkyl halides is 1. The van der Waals surface area contributed by atoms with Crippen LogP contribution in [0.5, 0.6) is 0 Å². The molecular formula is C10H12ClN. The Hall–Kier alpha value is -0.560. The molecule has 0 spiro atoms. The third-order valence-electron chi connectivity index (χ3n) is 2.26. The van der Waals surface area contributed by atoms with Crippen molar-refractivity contribution in [2.45, 2.75) is 25.1 Å². The van der Waals surface area contributed by atoms with E-state index in [4.69, 9.17) is 11.6 Å². The van der Waals surface area contributed by atoms with Gasteiger partial charge in [0, 0.05) is 6.20 Å². The van der Waals surface area contributed by atoms with Crippen LogP contribution >= 0.6 is 11.6 Å². The van der Waals surface area contributed by atoms with Crippen molar-refractivity contribution in [2.24, 2.45) is 5.92 Å². The largest absolute Gasteiger partial charge is 0.260 e. The Morgan fingerprint density at radius 2 is 2.33 bits per heavy atom. The van der Waals surface area contributed by atoms with Gasteiger partial charge in [-0.05, 0) is 43.4 Å². The predicted octanol–water partition coefficient (Wildman–Crippen LogP) is 3.08. The first-order valence-electron chi connectivity index (χ1n) is 4.34. The molecule has 0 bridgehead atoms. The maximum absolute atomic E-state index is 6.21. The van der Waals surface area contributed by atoms with Crippen molar-refractivity contribution < 1.29 is 0 Å². The number of aryl methyl sites for hydroxylation is 1. The SMILES string of the molecule is Cc1ccnc(C(Cl)C2CC2)c1.